The average Bonchev–Trinajstić information content (AvgIpc) is 2.45. The summed E-state index contributed by atoms with van der Waals surface area (Å²) >= 11 is 0. The van der Waals surface area contributed by atoms with Crippen LogP contribution in [0.25, 0.3) is 0 Å². The van der Waals surface area contributed by atoms with E-state index in [2.05, 4.69) is 19.2 Å². The Morgan fingerprint density at radius 1 is 1.00 bits per heavy atom. The fraction of sp³-hybridized carbons (Fsp3) is 0.625. The molecule has 0 spiro atoms. The van der Waals surface area contributed by atoms with E-state index in [9.17, 15) is 0 Å². The fourth-order valence-electron chi connectivity index (χ4n) is 2.11. The fourth-order valence-corrected chi connectivity index (χ4v) is 2.11. The highest BCUT2D eigenvalue weighted by Gasteiger charge is 2.12. The van der Waals surface area contributed by atoms with Crippen LogP contribution in [0.1, 0.15) is 32.3 Å². The van der Waals surface area contributed by atoms with Crippen LogP contribution < -0.4 is 19.5 Å². The number of rotatable bonds is 9. The molecule has 0 bridgehead atoms. The molecule has 0 radical (unpaired) electrons. The van der Waals surface area contributed by atoms with Crippen LogP contribution in [0.5, 0.6) is 17.2 Å². The Labute approximate surface area is 122 Å². The Bertz CT molecular complexity index is 380. The van der Waals surface area contributed by atoms with Crippen molar-refractivity contribution in [1.29, 1.82) is 0 Å². The van der Waals surface area contributed by atoms with Gasteiger partial charge in [0.1, 0.15) is 0 Å². The summed E-state index contributed by atoms with van der Waals surface area (Å²) in [6, 6.07) is 3.97. The first-order valence-electron chi connectivity index (χ1n) is 7.12. The van der Waals surface area contributed by atoms with Gasteiger partial charge in [-0.3, -0.25) is 0 Å². The minimum absolute atomic E-state index is 0.638. The summed E-state index contributed by atoms with van der Waals surface area (Å²) in [4.78, 5) is 0. The van der Waals surface area contributed by atoms with Crippen LogP contribution in [-0.4, -0.2) is 27.9 Å². The third kappa shape index (κ3) is 4.93. The van der Waals surface area contributed by atoms with Gasteiger partial charge in [0, 0.05) is 6.54 Å². The first-order valence-corrected chi connectivity index (χ1v) is 7.12. The molecular formula is C16H27NO3. The van der Waals surface area contributed by atoms with Gasteiger partial charge < -0.3 is 19.5 Å². The summed E-state index contributed by atoms with van der Waals surface area (Å²) in [5, 5.41) is 3.45. The predicted molar refractivity (Wildman–Crippen MR) is 81.9 cm³/mol. The van der Waals surface area contributed by atoms with Crippen molar-refractivity contribution < 1.29 is 14.2 Å². The van der Waals surface area contributed by atoms with E-state index in [0.717, 1.165) is 24.6 Å². The van der Waals surface area contributed by atoms with Crippen molar-refractivity contribution in [3.63, 3.8) is 0 Å². The van der Waals surface area contributed by atoms with Crippen LogP contribution in [0.3, 0.4) is 0 Å². The third-order valence-corrected chi connectivity index (χ3v) is 3.19. The van der Waals surface area contributed by atoms with E-state index < -0.39 is 0 Å². The second-order valence-corrected chi connectivity index (χ2v) is 5.25. The Morgan fingerprint density at radius 2 is 1.60 bits per heavy atom. The molecule has 4 nitrogen and oxygen atoms in total. The minimum atomic E-state index is 0.638. The van der Waals surface area contributed by atoms with E-state index in [-0.39, 0.29) is 0 Å². The lowest BCUT2D eigenvalue weighted by atomic mass is 10.1. The maximum Gasteiger partial charge on any atom is 0.203 e. The smallest absolute Gasteiger partial charge is 0.203 e. The van der Waals surface area contributed by atoms with Crippen LogP contribution in [0.2, 0.25) is 0 Å². The highest BCUT2D eigenvalue weighted by Crippen LogP contribution is 2.38. The lowest BCUT2D eigenvalue weighted by Gasteiger charge is -2.14. The van der Waals surface area contributed by atoms with Crippen molar-refractivity contribution in [1.82, 2.24) is 5.32 Å². The number of nitrogens with one attached hydrogen (secondary N) is 1. The zero-order chi connectivity index (χ0) is 15.0. The van der Waals surface area contributed by atoms with E-state index >= 15 is 0 Å². The van der Waals surface area contributed by atoms with Crippen LogP contribution in [0.15, 0.2) is 12.1 Å². The first kappa shape index (κ1) is 16.6. The second-order valence-electron chi connectivity index (χ2n) is 5.25. The Hall–Kier alpha value is -1.42. The molecule has 0 fully saturated rings. The molecule has 1 aromatic rings. The van der Waals surface area contributed by atoms with Crippen LogP contribution in [0, 0.1) is 5.92 Å². The highest BCUT2D eigenvalue weighted by atomic mass is 16.5. The van der Waals surface area contributed by atoms with Crippen LogP contribution in [0.4, 0.5) is 0 Å². The molecule has 0 aromatic heterocycles. The normalized spacial score (nSPS) is 10.7. The van der Waals surface area contributed by atoms with E-state index in [4.69, 9.17) is 14.2 Å². The summed E-state index contributed by atoms with van der Waals surface area (Å²) in [7, 11) is 4.89. The molecule has 1 N–H and O–H groups in total. The Kier molecular flexibility index (Phi) is 7.23. The van der Waals surface area contributed by atoms with Crippen molar-refractivity contribution in [2.45, 2.75) is 33.2 Å². The molecule has 0 saturated carbocycles. The van der Waals surface area contributed by atoms with Crippen molar-refractivity contribution >= 4 is 0 Å². The average molecular weight is 281 g/mol. The summed E-state index contributed by atoms with van der Waals surface area (Å²) in [5.74, 6) is 2.80. The van der Waals surface area contributed by atoms with Crippen LogP contribution >= 0.6 is 0 Å². The SMILES string of the molecule is COc1cc(CNCCCC(C)C)cc(OC)c1OC. The molecule has 0 aliphatic carbocycles. The van der Waals surface area contributed by atoms with Gasteiger partial charge in [0.15, 0.2) is 11.5 Å². The Balaban J connectivity index is 2.62. The van der Waals surface area contributed by atoms with Gasteiger partial charge in [0.25, 0.3) is 0 Å². The summed E-state index contributed by atoms with van der Waals surface area (Å²) in [6.45, 7) is 6.32. The summed E-state index contributed by atoms with van der Waals surface area (Å²) in [5.41, 5.74) is 1.13. The molecule has 114 valence electrons. The summed E-state index contributed by atoms with van der Waals surface area (Å²) < 4.78 is 16.0. The number of ether oxygens (including phenoxy) is 3. The highest BCUT2D eigenvalue weighted by molar-refractivity contribution is 5.53. The van der Waals surface area contributed by atoms with E-state index in [0.29, 0.717) is 17.2 Å². The largest absolute Gasteiger partial charge is 0.493 e. The predicted octanol–water partition coefficient (Wildman–Crippen LogP) is 3.24. The van der Waals surface area contributed by atoms with Gasteiger partial charge in [-0.25, -0.2) is 0 Å². The Morgan fingerprint density at radius 3 is 2.05 bits per heavy atom. The molecular weight excluding hydrogens is 254 g/mol. The topological polar surface area (TPSA) is 39.7 Å². The molecule has 0 aliphatic rings. The lowest BCUT2D eigenvalue weighted by molar-refractivity contribution is 0.323. The van der Waals surface area contributed by atoms with E-state index in [1.54, 1.807) is 21.3 Å². The molecule has 0 amide bonds. The zero-order valence-corrected chi connectivity index (χ0v) is 13.3. The maximum absolute atomic E-state index is 5.35. The number of methoxy groups -OCH3 is 3. The molecule has 0 atom stereocenters. The van der Waals surface area contributed by atoms with Crippen LogP contribution in [-0.2, 0) is 6.54 Å². The maximum atomic E-state index is 5.35. The van der Waals surface area contributed by atoms with Gasteiger partial charge in [0.2, 0.25) is 5.75 Å². The molecule has 20 heavy (non-hydrogen) atoms. The minimum Gasteiger partial charge on any atom is -0.493 e. The van der Waals surface area contributed by atoms with Crippen molar-refractivity contribution in [3.8, 4) is 17.2 Å². The number of hydrogen-bond acceptors (Lipinski definition) is 4. The van der Waals surface area contributed by atoms with Crippen molar-refractivity contribution in [2.24, 2.45) is 5.92 Å². The lowest BCUT2D eigenvalue weighted by Crippen LogP contribution is -2.15. The van der Waals surface area contributed by atoms with Gasteiger partial charge in [-0.2, -0.15) is 0 Å². The third-order valence-electron chi connectivity index (χ3n) is 3.19. The number of hydrogen-bond donors (Lipinski definition) is 1. The summed E-state index contributed by atoms with van der Waals surface area (Å²) in [6.07, 6.45) is 2.45. The van der Waals surface area contributed by atoms with E-state index in [1.165, 1.54) is 12.8 Å². The standard InChI is InChI=1S/C16H27NO3/c1-12(2)7-6-8-17-11-13-9-14(18-3)16(20-5)15(10-13)19-4/h9-10,12,17H,6-8,11H2,1-5H3. The molecule has 0 aliphatic heterocycles. The van der Waals surface area contributed by atoms with Crippen molar-refractivity contribution in [2.75, 3.05) is 27.9 Å². The van der Waals surface area contributed by atoms with Gasteiger partial charge in [-0.1, -0.05) is 13.8 Å². The molecule has 0 heterocycles. The molecule has 0 saturated heterocycles. The first-order chi connectivity index (χ1) is 9.62. The van der Waals surface area contributed by atoms with E-state index in [1.807, 2.05) is 12.1 Å². The quantitative estimate of drug-likeness (QED) is 0.705. The van der Waals surface area contributed by atoms with Gasteiger partial charge in [-0.05, 0) is 43.0 Å². The monoisotopic (exact) mass is 281 g/mol. The molecule has 0 unspecified atom stereocenters. The van der Waals surface area contributed by atoms with Gasteiger partial charge in [0.05, 0.1) is 21.3 Å². The molecule has 1 aromatic carbocycles. The van der Waals surface area contributed by atoms with Gasteiger partial charge in [-0.15, -0.1) is 0 Å². The zero-order valence-electron chi connectivity index (χ0n) is 13.3. The number of benzene rings is 1. The van der Waals surface area contributed by atoms with Gasteiger partial charge >= 0.3 is 0 Å². The molecule has 1 rings (SSSR count). The molecule has 4 heteroatoms. The second kappa shape index (κ2) is 8.69. The van der Waals surface area contributed by atoms with Crippen molar-refractivity contribution in [3.05, 3.63) is 17.7 Å².